The molecule has 108 valence electrons. The fraction of sp³-hybridized carbons (Fsp3) is 0.429. The van der Waals surface area contributed by atoms with Crippen molar-refractivity contribution in [2.24, 2.45) is 5.92 Å². The van der Waals surface area contributed by atoms with Crippen molar-refractivity contribution < 1.29 is 22.7 Å². The first-order valence-electron chi connectivity index (χ1n) is 6.34. The molecule has 0 bridgehead atoms. The van der Waals surface area contributed by atoms with Gasteiger partial charge in [0.05, 0.1) is 12.0 Å². The molecule has 1 aliphatic carbocycles. The average Bonchev–Trinajstić information content (AvgIpc) is 3.29. The minimum atomic E-state index is -3.78. The van der Waals surface area contributed by atoms with E-state index >= 15 is 0 Å². The third-order valence-corrected chi connectivity index (χ3v) is 5.47. The number of ether oxygens (including phenoxy) is 1. The van der Waals surface area contributed by atoms with Crippen LogP contribution in [0.15, 0.2) is 29.2 Å². The van der Waals surface area contributed by atoms with Crippen LogP contribution in [-0.2, 0) is 19.4 Å². The molecule has 1 aromatic carbocycles. The number of ketones is 1. The fourth-order valence-corrected chi connectivity index (χ4v) is 3.16. The predicted molar refractivity (Wildman–Crippen MR) is 72.2 cm³/mol. The van der Waals surface area contributed by atoms with Gasteiger partial charge in [0.15, 0.2) is 20.9 Å². The topological polar surface area (TPSA) is 77.5 Å². The Labute approximate surface area is 117 Å². The van der Waals surface area contributed by atoms with Gasteiger partial charge in [-0.15, -0.1) is 0 Å². The fourth-order valence-electron chi connectivity index (χ4n) is 1.89. The number of benzene rings is 1. The highest BCUT2D eigenvalue weighted by molar-refractivity contribution is 7.92. The lowest BCUT2D eigenvalue weighted by atomic mass is 10.1. The Morgan fingerprint density at radius 2 is 1.75 bits per heavy atom. The first-order valence-corrected chi connectivity index (χ1v) is 7.88. The molecule has 1 atom stereocenters. The number of methoxy groups -OCH3 is 1. The number of hydrogen-bond acceptors (Lipinski definition) is 5. The Hall–Kier alpha value is -1.69. The van der Waals surface area contributed by atoms with Crippen LogP contribution in [0.1, 0.15) is 30.1 Å². The second-order valence-electron chi connectivity index (χ2n) is 4.87. The number of carbonyl (C=O) groups excluding carboxylic acids is 2. The highest BCUT2D eigenvalue weighted by Crippen LogP contribution is 2.32. The van der Waals surface area contributed by atoms with E-state index in [4.69, 9.17) is 0 Å². The molecule has 0 aromatic heterocycles. The van der Waals surface area contributed by atoms with Crippen molar-refractivity contribution in [2.45, 2.75) is 29.9 Å². The Morgan fingerprint density at radius 1 is 1.20 bits per heavy atom. The summed E-state index contributed by atoms with van der Waals surface area (Å²) >= 11 is 0. The molecule has 1 aromatic rings. The summed E-state index contributed by atoms with van der Waals surface area (Å²) in [5.74, 6) is -0.662. The molecular weight excluding hydrogens is 280 g/mol. The van der Waals surface area contributed by atoms with Crippen molar-refractivity contribution in [3.05, 3.63) is 29.8 Å². The average molecular weight is 296 g/mol. The van der Waals surface area contributed by atoms with Crippen LogP contribution in [0.4, 0.5) is 0 Å². The van der Waals surface area contributed by atoms with Crippen LogP contribution in [0.3, 0.4) is 0 Å². The molecule has 1 unspecified atom stereocenters. The summed E-state index contributed by atoms with van der Waals surface area (Å²) in [6, 6.07) is 5.73. The van der Waals surface area contributed by atoms with Crippen molar-refractivity contribution in [1.29, 1.82) is 0 Å². The van der Waals surface area contributed by atoms with Gasteiger partial charge in [0, 0.05) is 11.5 Å². The zero-order chi connectivity index (χ0) is 14.9. The van der Waals surface area contributed by atoms with Crippen LogP contribution in [0.5, 0.6) is 0 Å². The van der Waals surface area contributed by atoms with E-state index in [9.17, 15) is 18.0 Å². The van der Waals surface area contributed by atoms with Gasteiger partial charge >= 0.3 is 5.97 Å². The molecule has 0 amide bonds. The summed E-state index contributed by atoms with van der Waals surface area (Å²) in [5.41, 5.74) is 0.511. The van der Waals surface area contributed by atoms with Crippen LogP contribution in [0, 0.1) is 5.92 Å². The van der Waals surface area contributed by atoms with Crippen LogP contribution < -0.4 is 0 Å². The minimum Gasteiger partial charge on any atom is -0.468 e. The first kappa shape index (κ1) is 14.7. The summed E-state index contributed by atoms with van der Waals surface area (Å²) in [5, 5.41) is -1.27. The van der Waals surface area contributed by atoms with Gasteiger partial charge in [-0.1, -0.05) is 12.1 Å². The number of rotatable bonds is 5. The van der Waals surface area contributed by atoms with Gasteiger partial charge in [0.25, 0.3) is 0 Å². The standard InChI is InChI=1S/C14H16O5S/c1-9(14(16)19-2)20(17,18)12-7-5-11(6-8-12)13(15)10-3-4-10/h5-10H,3-4H2,1-2H3. The van der Waals surface area contributed by atoms with Gasteiger partial charge in [-0.2, -0.15) is 0 Å². The summed E-state index contributed by atoms with van der Waals surface area (Å²) in [6.07, 6.45) is 1.80. The number of hydrogen-bond donors (Lipinski definition) is 0. The maximum atomic E-state index is 12.2. The second-order valence-corrected chi connectivity index (χ2v) is 7.14. The Balaban J connectivity index is 2.24. The quantitative estimate of drug-likeness (QED) is 0.609. The van der Waals surface area contributed by atoms with E-state index in [1.54, 1.807) is 0 Å². The maximum absolute atomic E-state index is 12.2. The van der Waals surface area contributed by atoms with E-state index in [1.807, 2.05) is 0 Å². The molecule has 0 radical (unpaired) electrons. The molecule has 5 nitrogen and oxygen atoms in total. The summed E-state index contributed by atoms with van der Waals surface area (Å²) in [6.45, 7) is 1.28. The minimum absolute atomic E-state index is 0.0164. The molecule has 0 aliphatic heterocycles. The molecule has 2 rings (SSSR count). The van der Waals surface area contributed by atoms with Gasteiger partial charge in [-0.25, -0.2) is 8.42 Å². The van der Waals surface area contributed by atoms with E-state index in [2.05, 4.69) is 4.74 Å². The van der Waals surface area contributed by atoms with Gasteiger partial charge in [0.2, 0.25) is 0 Å². The zero-order valence-electron chi connectivity index (χ0n) is 11.3. The third-order valence-electron chi connectivity index (χ3n) is 3.41. The van der Waals surface area contributed by atoms with E-state index in [0.29, 0.717) is 5.56 Å². The van der Waals surface area contributed by atoms with Crippen molar-refractivity contribution in [1.82, 2.24) is 0 Å². The SMILES string of the molecule is COC(=O)C(C)S(=O)(=O)c1ccc(C(=O)C2CC2)cc1. The first-order chi connectivity index (χ1) is 9.37. The van der Waals surface area contributed by atoms with Crippen LogP contribution >= 0.6 is 0 Å². The Bertz CT molecular complexity index is 626. The lowest BCUT2D eigenvalue weighted by Gasteiger charge is -2.11. The number of esters is 1. The Morgan fingerprint density at radius 3 is 2.20 bits per heavy atom. The van der Waals surface area contributed by atoms with E-state index in [-0.39, 0.29) is 16.6 Å². The molecule has 1 aliphatic rings. The number of carbonyl (C=O) groups is 2. The van der Waals surface area contributed by atoms with Gasteiger partial charge in [0.1, 0.15) is 0 Å². The van der Waals surface area contributed by atoms with E-state index in [1.165, 1.54) is 31.2 Å². The lowest BCUT2D eigenvalue weighted by Crippen LogP contribution is -2.28. The molecule has 0 N–H and O–H groups in total. The van der Waals surface area contributed by atoms with Crippen molar-refractivity contribution in [2.75, 3.05) is 7.11 Å². The maximum Gasteiger partial charge on any atom is 0.324 e. The highest BCUT2D eigenvalue weighted by atomic mass is 32.2. The molecular formula is C14H16O5S. The smallest absolute Gasteiger partial charge is 0.324 e. The molecule has 20 heavy (non-hydrogen) atoms. The molecule has 1 saturated carbocycles. The van der Waals surface area contributed by atoms with Crippen molar-refractivity contribution in [3.8, 4) is 0 Å². The van der Waals surface area contributed by atoms with Gasteiger partial charge in [-0.3, -0.25) is 9.59 Å². The number of Topliss-reactive ketones (excluding diaryl/α,β-unsaturated/α-hetero) is 1. The van der Waals surface area contributed by atoms with Gasteiger partial charge < -0.3 is 4.74 Å². The van der Waals surface area contributed by atoms with Crippen LogP contribution in [0.25, 0.3) is 0 Å². The Kier molecular flexibility index (Phi) is 3.94. The number of sulfone groups is 1. The highest BCUT2D eigenvalue weighted by Gasteiger charge is 2.32. The van der Waals surface area contributed by atoms with Crippen molar-refractivity contribution in [3.63, 3.8) is 0 Å². The molecule has 6 heteroatoms. The lowest BCUT2D eigenvalue weighted by molar-refractivity contribution is -0.139. The molecule has 0 spiro atoms. The van der Waals surface area contributed by atoms with E-state index < -0.39 is 21.1 Å². The second kappa shape index (κ2) is 5.36. The summed E-state index contributed by atoms with van der Waals surface area (Å²) < 4.78 is 28.8. The largest absolute Gasteiger partial charge is 0.468 e. The molecule has 0 heterocycles. The zero-order valence-corrected chi connectivity index (χ0v) is 12.1. The summed E-state index contributed by atoms with van der Waals surface area (Å²) in [4.78, 5) is 23.2. The van der Waals surface area contributed by atoms with Crippen LogP contribution in [0.2, 0.25) is 0 Å². The third kappa shape index (κ3) is 2.75. The summed E-state index contributed by atoms with van der Waals surface area (Å²) in [7, 11) is -2.64. The van der Waals surface area contributed by atoms with E-state index in [0.717, 1.165) is 20.0 Å². The van der Waals surface area contributed by atoms with Crippen LogP contribution in [-0.4, -0.2) is 32.5 Å². The molecule has 0 saturated heterocycles. The van der Waals surface area contributed by atoms with Gasteiger partial charge in [-0.05, 0) is 31.9 Å². The monoisotopic (exact) mass is 296 g/mol. The predicted octanol–water partition coefficient (Wildman–Crippen LogP) is 1.61. The molecule has 1 fully saturated rings. The normalized spacial score (nSPS) is 16.5. The van der Waals surface area contributed by atoms with Crippen molar-refractivity contribution >= 4 is 21.6 Å².